The molecular formula is C22H19NO4. The SMILES string of the molecule is O=C(COc1ccccc1O)N1Cc2ccccc2Oc2ccccc2C1. The average Bonchev–Trinajstić information content (AvgIpc) is 2.67. The minimum atomic E-state index is -0.162. The summed E-state index contributed by atoms with van der Waals surface area (Å²) in [5, 5.41) is 9.81. The molecule has 0 aliphatic carbocycles. The normalized spacial score (nSPS) is 12.8. The van der Waals surface area contributed by atoms with Crippen LogP contribution >= 0.6 is 0 Å². The molecule has 1 aliphatic rings. The van der Waals surface area contributed by atoms with Gasteiger partial charge in [-0.3, -0.25) is 4.79 Å². The van der Waals surface area contributed by atoms with E-state index < -0.39 is 0 Å². The number of benzene rings is 3. The number of ether oxygens (including phenoxy) is 2. The number of fused-ring (bicyclic) bond motifs is 2. The van der Waals surface area contributed by atoms with Crippen LogP contribution in [0.4, 0.5) is 0 Å². The molecule has 0 fully saturated rings. The predicted octanol–water partition coefficient (Wildman–Crippen LogP) is 4.11. The summed E-state index contributed by atoms with van der Waals surface area (Å²) >= 11 is 0. The molecule has 136 valence electrons. The van der Waals surface area contributed by atoms with E-state index in [1.54, 1.807) is 23.1 Å². The van der Waals surface area contributed by atoms with E-state index in [1.165, 1.54) is 6.07 Å². The highest BCUT2D eigenvalue weighted by atomic mass is 16.5. The molecule has 1 aliphatic heterocycles. The van der Waals surface area contributed by atoms with E-state index in [-0.39, 0.29) is 18.3 Å². The number of para-hydroxylation sites is 4. The molecule has 5 nitrogen and oxygen atoms in total. The van der Waals surface area contributed by atoms with Gasteiger partial charge >= 0.3 is 0 Å². The molecule has 4 rings (SSSR count). The number of aromatic hydroxyl groups is 1. The maximum absolute atomic E-state index is 12.8. The quantitative estimate of drug-likeness (QED) is 0.763. The van der Waals surface area contributed by atoms with Crippen LogP contribution in [0.25, 0.3) is 0 Å². The van der Waals surface area contributed by atoms with Gasteiger partial charge in [0.2, 0.25) is 0 Å². The van der Waals surface area contributed by atoms with Gasteiger partial charge < -0.3 is 19.5 Å². The van der Waals surface area contributed by atoms with Crippen LogP contribution in [0, 0.1) is 0 Å². The van der Waals surface area contributed by atoms with Crippen molar-refractivity contribution in [2.45, 2.75) is 13.1 Å². The number of nitrogens with zero attached hydrogens (tertiary/aromatic N) is 1. The summed E-state index contributed by atoms with van der Waals surface area (Å²) < 4.78 is 11.6. The Morgan fingerprint density at radius 3 is 2.07 bits per heavy atom. The zero-order valence-corrected chi connectivity index (χ0v) is 14.7. The Balaban J connectivity index is 1.58. The zero-order chi connectivity index (χ0) is 18.6. The standard InChI is InChI=1S/C22H19NO4/c24-18-9-3-6-12-21(18)26-15-22(25)23-13-16-7-1-4-10-19(16)27-20-11-5-2-8-17(20)14-23/h1-12,24H,13-15H2. The Labute approximate surface area is 157 Å². The first-order valence-corrected chi connectivity index (χ1v) is 8.73. The van der Waals surface area contributed by atoms with E-state index in [4.69, 9.17) is 9.47 Å². The number of carbonyl (C=O) groups is 1. The molecular weight excluding hydrogens is 342 g/mol. The topological polar surface area (TPSA) is 59.0 Å². The second-order valence-corrected chi connectivity index (χ2v) is 6.32. The molecule has 27 heavy (non-hydrogen) atoms. The molecule has 5 heteroatoms. The lowest BCUT2D eigenvalue weighted by molar-refractivity contribution is -0.134. The summed E-state index contributed by atoms with van der Waals surface area (Å²) in [4.78, 5) is 14.6. The van der Waals surface area contributed by atoms with Crippen LogP contribution in [0.1, 0.15) is 11.1 Å². The van der Waals surface area contributed by atoms with Gasteiger partial charge in [0.25, 0.3) is 5.91 Å². The first-order chi connectivity index (χ1) is 13.2. The number of phenols is 1. The maximum Gasteiger partial charge on any atom is 0.261 e. The molecule has 3 aromatic carbocycles. The van der Waals surface area contributed by atoms with Gasteiger partial charge in [0.1, 0.15) is 11.5 Å². The minimum absolute atomic E-state index is 0.0158. The zero-order valence-electron chi connectivity index (χ0n) is 14.7. The molecule has 0 saturated heterocycles. The molecule has 1 amide bonds. The van der Waals surface area contributed by atoms with Crippen molar-refractivity contribution >= 4 is 5.91 Å². The molecule has 0 spiro atoms. The third-order valence-electron chi connectivity index (χ3n) is 4.46. The Bertz CT molecular complexity index is 922. The van der Waals surface area contributed by atoms with Crippen molar-refractivity contribution in [3.05, 3.63) is 83.9 Å². The lowest BCUT2D eigenvalue weighted by Crippen LogP contribution is -2.34. The van der Waals surface area contributed by atoms with Crippen molar-refractivity contribution in [1.29, 1.82) is 0 Å². The second kappa shape index (κ2) is 7.41. The van der Waals surface area contributed by atoms with Crippen LogP contribution in [0.3, 0.4) is 0 Å². The van der Waals surface area contributed by atoms with Gasteiger partial charge in [0.15, 0.2) is 18.1 Å². The molecule has 1 heterocycles. The van der Waals surface area contributed by atoms with Crippen molar-refractivity contribution < 1.29 is 19.4 Å². The Morgan fingerprint density at radius 2 is 1.44 bits per heavy atom. The highest BCUT2D eigenvalue weighted by molar-refractivity contribution is 5.78. The fourth-order valence-electron chi connectivity index (χ4n) is 3.04. The lowest BCUT2D eigenvalue weighted by atomic mass is 10.1. The number of amides is 1. The fraction of sp³-hybridized carbons (Fsp3) is 0.136. The van der Waals surface area contributed by atoms with E-state index in [0.29, 0.717) is 18.8 Å². The van der Waals surface area contributed by atoms with E-state index >= 15 is 0 Å². The summed E-state index contributed by atoms with van der Waals surface area (Å²) in [7, 11) is 0. The summed E-state index contributed by atoms with van der Waals surface area (Å²) in [5.74, 6) is 1.63. The number of phenolic OH excluding ortho intramolecular Hbond substituents is 1. The number of hydrogen-bond donors (Lipinski definition) is 1. The largest absolute Gasteiger partial charge is 0.504 e. The summed E-state index contributed by atoms with van der Waals surface area (Å²) in [6.45, 7) is 0.698. The van der Waals surface area contributed by atoms with Crippen LogP contribution < -0.4 is 9.47 Å². The molecule has 0 radical (unpaired) electrons. The Morgan fingerprint density at radius 1 is 0.889 bits per heavy atom. The van der Waals surface area contributed by atoms with Crippen LogP contribution in [0.2, 0.25) is 0 Å². The van der Waals surface area contributed by atoms with Crippen LogP contribution in [-0.4, -0.2) is 22.5 Å². The van der Waals surface area contributed by atoms with E-state index in [0.717, 1.165) is 22.6 Å². The first kappa shape index (κ1) is 17.0. The number of rotatable bonds is 3. The van der Waals surface area contributed by atoms with Crippen LogP contribution in [0.5, 0.6) is 23.0 Å². The van der Waals surface area contributed by atoms with Crippen molar-refractivity contribution in [3.8, 4) is 23.0 Å². The molecule has 1 N–H and O–H groups in total. The van der Waals surface area contributed by atoms with Crippen LogP contribution in [0.15, 0.2) is 72.8 Å². The Hall–Kier alpha value is -3.47. The van der Waals surface area contributed by atoms with Gasteiger partial charge in [-0.05, 0) is 24.3 Å². The molecule has 0 aromatic heterocycles. The lowest BCUT2D eigenvalue weighted by Gasteiger charge is -2.27. The van der Waals surface area contributed by atoms with Crippen molar-refractivity contribution in [2.75, 3.05) is 6.61 Å². The van der Waals surface area contributed by atoms with Gasteiger partial charge in [0.05, 0.1) is 0 Å². The van der Waals surface area contributed by atoms with Gasteiger partial charge in [-0.25, -0.2) is 0 Å². The number of hydrogen-bond acceptors (Lipinski definition) is 4. The predicted molar refractivity (Wildman–Crippen MR) is 101 cm³/mol. The molecule has 0 saturated carbocycles. The summed E-state index contributed by atoms with van der Waals surface area (Å²) in [6.07, 6.45) is 0. The molecule has 0 unspecified atom stereocenters. The minimum Gasteiger partial charge on any atom is -0.504 e. The third-order valence-corrected chi connectivity index (χ3v) is 4.46. The van der Waals surface area contributed by atoms with Crippen molar-refractivity contribution in [1.82, 2.24) is 4.90 Å². The Kier molecular flexibility index (Phi) is 4.66. The number of carbonyl (C=O) groups excluding carboxylic acids is 1. The first-order valence-electron chi connectivity index (χ1n) is 8.73. The van der Waals surface area contributed by atoms with Crippen molar-refractivity contribution in [3.63, 3.8) is 0 Å². The third kappa shape index (κ3) is 3.72. The maximum atomic E-state index is 12.8. The van der Waals surface area contributed by atoms with E-state index in [9.17, 15) is 9.90 Å². The average molecular weight is 361 g/mol. The van der Waals surface area contributed by atoms with Gasteiger partial charge in [-0.15, -0.1) is 0 Å². The molecule has 3 aromatic rings. The summed E-state index contributed by atoms with van der Waals surface area (Å²) in [6, 6.07) is 22.0. The smallest absolute Gasteiger partial charge is 0.261 e. The monoisotopic (exact) mass is 361 g/mol. The van der Waals surface area contributed by atoms with E-state index in [1.807, 2.05) is 48.5 Å². The van der Waals surface area contributed by atoms with Crippen LogP contribution in [-0.2, 0) is 17.9 Å². The van der Waals surface area contributed by atoms with E-state index in [2.05, 4.69) is 0 Å². The second-order valence-electron chi connectivity index (χ2n) is 6.32. The highest BCUT2D eigenvalue weighted by Crippen LogP contribution is 2.33. The summed E-state index contributed by atoms with van der Waals surface area (Å²) in [5.41, 5.74) is 1.87. The van der Waals surface area contributed by atoms with Gasteiger partial charge in [-0.1, -0.05) is 48.5 Å². The highest BCUT2D eigenvalue weighted by Gasteiger charge is 2.22. The van der Waals surface area contributed by atoms with Gasteiger partial charge in [0, 0.05) is 24.2 Å². The fourth-order valence-corrected chi connectivity index (χ4v) is 3.04. The van der Waals surface area contributed by atoms with Crippen molar-refractivity contribution in [2.24, 2.45) is 0 Å². The molecule has 0 atom stereocenters. The molecule has 0 bridgehead atoms. The van der Waals surface area contributed by atoms with Gasteiger partial charge in [-0.2, -0.15) is 0 Å².